The normalized spacial score (nSPS) is 11.5. The molecule has 0 spiro atoms. The number of nitrogens with zero attached hydrogens (tertiary/aromatic N) is 4. The maximum absolute atomic E-state index is 4.66. The molecule has 4 nitrogen and oxygen atoms in total. The fourth-order valence-corrected chi connectivity index (χ4v) is 4.75. The highest BCUT2D eigenvalue weighted by Crippen LogP contribution is 2.30. The number of hydrogen-bond acceptors (Lipinski definition) is 4. The highest BCUT2D eigenvalue weighted by molar-refractivity contribution is 7.08. The van der Waals surface area contributed by atoms with Crippen LogP contribution in [0.5, 0.6) is 0 Å². The fraction of sp³-hybridized carbons (Fsp3) is 0.185. The van der Waals surface area contributed by atoms with Gasteiger partial charge in [0.15, 0.2) is 5.65 Å². The first-order valence-corrected chi connectivity index (χ1v) is 12.0. The molecule has 160 valence electrons. The summed E-state index contributed by atoms with van der Waals surface area (Å²) in [4.78, 5) is 7.04. The minimum Gasteiger partial charge on any atom is -0.300 e. The summed E-state index contributed by atoms with van der Waals surface area (Å²) in [6.07, 6.45) is 3.78. The van der Waals surface area contributed by atoms with E-state index < -0.39 is 0 Å². The second kappa shape index (κ2) is 9.07. The molecule has 32 heavy (non-hydrogen) atoms. The highest BCUT2D eigenvalue weighted by Gasteiger charge is 2.12. The smallest absolute Gasteiger partial charge is 0.163 e. The number of rotatable bonds is 7. The predicted octanol–water partition coefficient (Wildman–Crippen LogP) is 6.63. The van der Waals surface area contributed by atoms with E-state index in [4.69, 9.17) is 0 Å². The molecule has 0 bridgehead atoms. The Morgan fingerprint density at radius 1 is 0.875 bits per heavy atom. The van der Waals surface area contributed by atoms with E-state index in [9.17, 15) is 0 Å². The van der Waals surface area contributed by atoms with Crippen molar-refractivity contribution in [1.29, 1.82) is 0 Å². The third kappa shape index (κ3) is 3.97. The molecule has 0 saturated heterocycles. The Labute approximate surface area is 192 Å². The van der Waals surface area contributed by atoms with Gasteiger partial charge in [0, 0.05) is 23.9 Å². The minimum absolute atomic E-state index is 0.882. The summed E-state index contributed by atoms with van der Waals surface area (Å²) in [5.74, 6) is 0. The quantitative estimate of drug-likeness (QED) is 0.286. The van der Waals surface area contributed by atoms with Crippen molar-refractivity contribution in [2.24, 2.45) is 0 Å². The molecule has 2 aromatic carbocycles. The molecule has 0 aliphatic carbocycles. The van der Waals surface area contributed by atoms with E-state index in [1.54, 1.807) is 11.3 Å². The molecule has 0 saturated carbocycles. The maximum Gasteiger partial charge on any atom is 0.163 e. The second-order valence-corrected chi connectivity index (χ2v) is 8.65. The van der Waals surface area contributed by atoms with Gasteiger partial charge in [-0.15, -0.1) is 0 Å². The molecule has 0 aliphatic rings. The first kappa shape index (κ1) is 20.6. The molecule has 5 heteroatoms. The van der Waals surface area contributed by atoms with Crippen LogP contribution in [0, 0.1) is 0 Å². The number of thiophene rings is 1. The Balaban J connectivity index is 1.48. The van der Waals surface area contributed by atoms with E-state index in [1.165, 1.54) is 16.7 Å². The lowest BCUT2D eigenvalue weighted by Crippen LogP contribution is -2.21. The van der Waals surface area contributed by atoms with Crippen LogP contribution < -0.4 is 0 Å². The van der Waals surface area contributed by atoms with Crippen LogP contribution in [-0.4, -0.2) is 32.6 Å². The van der Waals surface area contributed by atoms with Gasteiger partial charge in [-0.25, -0.2) is 9.50 Å². The number of aromatic nitrogens is 3. The molecule has 0 amide bonds. The first-order chi connectivity index (χ1) is 15.8. The van der Waals surface area contributed by atoms with Crippen LogP contribution in [0.4, 0.5) is 0 Å². The van der Waals surface area contributed by atoms with Crippen LogP contribution >= 0.6 is 11.3 Å². The van der Waals surface area contributed by atoms with Gasteiger partial charge in [0.25, 0.3) is 0 Å². The van der Waals surface area contributed by atoms with Gasteiger partial charge in [-0.1, -0.05) is 56.3 Å². The van der Waals surface area contributed by atoms with Gasteiger partial charge >= 0.3 is 0 Å². The lowest BCUT2D eigenvalue weighted by atomic mass is 10.0. The van der Waals surface area contributed by atoms with Crippen LogP contribution in [0.2, 0.25) is 0 Å². The minimum atomic E-state index is 0.882. The summed E-state index contributed by atoms with van der Waals surface area (Å²) < 4.78 is 1.94. The zero-order valence-electron chi connectivity index (χ0n) is 18.4. The molecule has 5 rings (SSSR count). The summed E-state index contributed by atoms with van der Waals surface area (Å²) in [5.41, 5.74) is 9.04. The average Bonchev–Trinajstić information content (AvgIpc) is 3.53. The molecular weight excluding hydrogens is 412 g/mol. The maximum atomic E-state index is 4.66. The molecule has 3 aromatic heterocycles. The van der Waals surface area contributed by atoms with Crippen molar-refractivity contribution in [3.8, 4) is 33.5 Å². The third-order valence-corrected chi connectivity index (χ3v) is 6.66. The van der Waals surface area contributed by atoms with Gasteiger partial charge in [-0.05, 0) is 64.3 Å². The van der Waals surface area contributed by atoms with E-state index in [1.807, 2.05) is 23.0 Å². The highest BCUT2D eigenvalue weighted by atomic mass is 32.1. The largest absolute Gasteiger partial charge is 0.300 e. The number of benzene rings is 2. The molecule has 0 radical (unpaired) electrons. The van der Waals surface area contributed by atoms with Crippen LogP contribution in [0.1, 0.15) is 19.4 Å². The van der Waals surface area contributed by atoms with E-state index in [0.717, 1.165) is 47.7 Å². The van der Waals surface area contributed by atoms with E-state index in [-0.39, 0.29) is 0 Å². The summed E-state index contributed by atoms with van der Waals surface area (Å²) >= 11 is 1.69. The van der Waals surface area contributed by atoms with Gasteiger partial charge < -0.3 is 0 Å². The standard InChI is InChI=1S/C27H26N4S/c1-3-30(4-2)18-20-8-10-21(11-9-20)22-6-5-7-23(16-22)26-12-14-28-27-25(17-29-31(26)27)24-13-15-32-19-24/h5-17,19H,3-4,18H2,1-2H3. The van der Waals surface area contributed by atoms with Gasteiger partial charge in [-0.3, -0.25) is 4.90 Å². The zero-order chi connectivity index (χ0) is 21.9. The third-order valence-electron chi connectivity index (χ3n) is 5.98. The predicted molar refractivity (Wildman–Crippen MR) is 134 cm³/mol. The summed E-state index contributed by atoms with van der Waals surface area (Å²) in [5, 5.41) is 8.88. The van der Waals surface area contributed by atoms with Crippen molar-refractivity contribution in [3.63, 3.8) is 0 Å². The molecule has 0 atom stereocenters. The van der Waals surface area contributed by atoms with Crippen molar-refractivity contribution in [3.05, 3.63) is 89.4 Å². The van der Waals surface area contributed by atoms with Crippen LogP contribution in [0.15, 0.2) is 83.8 Å². The van der Waals surface area contributed by atoms with Gasteiger partial charge in [0.2, 0.25) is 0 Å². The molecule has 3 heterocycles. The monoisotopic (exact) mass is 438 g/mol. The van der Waals surface area contributed by atoms with Crippen molar-refractivity contribution in [2.45, 2.75) is 20.4 Å². The zero-order valence-corrected chi connectivity index (χ0v) is 19.2. The van der Waals surface area contributed by atoms with Gasteiger partial charge in [0.05, 0.1) is 11.9 Å². The Morgan fingerprint density at radius 2 is 1.69 bits per heavy atom. The Kier molecular flexibility index (Phi) is 5.84. The Hall–Kier alpha value is -3.28. The van der Waals surface area contributed by atoms with Crippen molar-refractivity contribution in [2.75, 3.05) is 13.1 Å². The first-order valence-electron chi connectivity index (χ1n) is 11.0. The van der Waals surface area contributed by atoms with Gasteiger partial charge in [0.1, 0.15) is 0 Å². The lowest BCUT2D eigenvalue weighted by Gasteiger charge is -2.18. The lowest BCUT2D eigenvalue weighted by molar-refractivity contribution is 0.296. The van der Waals surface area contributed by atoms with Crippen molar-refractivity contribution in [1.82, 2.24) is 19.5 Å². The summed E-state index contributed by atoms with van der Waals surface area (Å²) in [7, 11) is 0. The van der Waals surface area contributed by atoms with E-state index in [0.29, 0.717) is 0 Å². The number of fused-ring (bicyclic) bond motifs is 1. The van der Waals surface area contributed by atoms with Crippen LogP contribution in [-0.2, 0) is 6.54 Å². The topological polar surface area (TPSA) is 33.4 Å². The van der Waals surface area contributed by atoms with Crippen LogP contribution in [0.3, 0.4) is 0 Å². The van der Waals surface area contributed by atoms with Crippen molar-refractivity contribution >= 4 is 17.0 Å². The molecule has 0 N–H and O–H groups in total. The second-order valence-electron chi connectivity index (χ2n) is 7.87. The number of hydrogen-bond donors (Lipinski definition) is 0. The van der Waals surface area contributed by atoms with E-state index in [2.05, 4.69) is 94.2 Å². The average molecular weight is 439 g/mol. The molecule has 0 unspecified atom stereocenters. The fourth-order valence-electron chi connectivity index (χ4n) is 4.10. The summed E-state index contributed by atoms with van der Waals surface area (Å²) in [6, 6.07) is 21.7. The Morgan fingerprint density at radius 3 is 2.44 bits per heavy atom. The molecule has 0 aliphatic heterocycles. The van der Waals surface area contributed by atoms with Crippen LogP contribution in [0.25, 0.3) is 39.2 Å². The molecular formula is C27H26N4S. The Bertz CT molecular complexity index is 1320. The van der Waals surface area contributed by atoms with Crippen molar-refractivity contribution < 1.29 is 0 Å². The SMILES string of the molecule is CCN(CC)Cc1ccc(-c2cccc(-c3ccnc4c(-c5ccsc5)cnn34)c2)cc1. The molecule has 0 fully saturated rings. The summed E-state index contributed by atoms with van der Waals surface area (Å²) in [6.45, 7) is 7.56. The van der Waals surface area contributed by atoms with E-state index >= 15 is 0 Å². The molecule has 5 aromatic rings. The van der Waals surface area contributed by atoms with Gasteiger partial charge in [-0.2, -0.15) is 16.4 Å².